The van der Waals surface area contributed by atoms with Gasteiger partial charge in [-0.3, -0.25) is 0 Å². The summed E-state index contributed by atoms with van der Waals surface area (Å²) < 4.78 is 12.8. The lowest BCUT2D eigenvalue weighted by Crippen LogP contribution is -2.18. The van der Waals surface area contributed by atoms with Crippen LogP contribution in [-0.4, -0.2) is 5.11 Å². The van der Waals surface area contributed by atoms with Crippen LogP contribution in [0.1, 0.15) is 24.1 Å². The molecule has 2 nitrogen and oxygen atoms in total. The van der Waals surface area contributed by atoms with Crippen molar-refractivity contribution in [3.05, 3.63) is 64.4 Å². The zero-order valence-electron chi connectivity index (χ0n) is 10.5. The molecule has 2 aromatic carbocycles. The first-order valence-corrected chi connectivity index (χ1v) is 6.41. The third kappa shape index (κ3) is 3.46. The van der Waals surface area contributed by atoms with Gasteiger partial charge in [-0.25, -0.2) is 4.39 Å². The maximum Gasteiger partial charge on any atom is 0.123 e. The maximum atomic E-state index is 12.8. The van der Waals surface area contributed by atoms with Crippen LogP contribution < -0.4 is 5.32 Å². The monoisotopic (exact) mass is 279 g/mol. The molecule has 0 radical (unpaired) electrons. The Kier molecular flexibility index (Phi) is 4.40. The summed E-state index contributed by atoms with van der Waals surface area (Å²) >= 11 is 6.03. The largest absolute Gasteiger partial charge is 0.508 e. The molecule has 4 heteroatoms. The van der Waals surface area contributed by atoms with Crippen molar-refractivity contribution in [2.75, 3.05) is 0 Å². The number of phenols is 1. The number of halogens is 2. The van der Waals surface area contributed by atoms with Gasteiger partial charge in [0.25, 0.3) is 0 Å². The van der Waals surface area contributed by atoms with E-state index in [0.717, 1.165) is 5.56 Å². The SMILES string of the molecule is C[C@H](NCc1c(O)cccc1Cl)c1ccc(F)cc1. The highest BCUT2D eigenvalue weighted by Crippen LogP contribution is 2.25. The van der Waals surface area contributed by atoms with Crippen LogP contribution in [0, 0.1) is 5.82 Å². The highest BCUT2D eigenvalue weighted by atomic mass is 35.5. The molecule has 0 saturated heterocycles. The summed E-state index contributed by atoms with van der Waals surface area (Å²) in [5.74, 6) is -0.0778. The summed E-state index contributed by atoms with van der Waals surface area (Å²) in [7, 11) is 0. The van der Waals surface area contributed by atoms with Gasteiger partial charge in [-0.2, -0.15) is 0 Å². The summed E-state index contributed by atoms with van der Waals surface area (Å²) in [6.45, 7) is 2.42. The first-order chi connectivity index (χ1) is 9.08. The zero-order chi connectivity index (χ0) is 13.8. The van der Waals surface area contributed by atoms with Gasteiger partial charge in [-0.05, 0) is 36.8 Å². The number of phenolic OH excluding ortho intramolecular Hbond substituents is 1. The Morgan fingerprint density at radius 3 is 2.53 bits per heavy atom. The van der Waals surface area contributed by atoms with E-state index in [9.17, 15) is 9.50 Å². The average Bonchev–Trinajstić information content (AvgIpc) is 2.38. The van der Waals surface area contributed by atoms with E-state index in [1.165, 1.54) is 12.1 Å². The summed E-state index contributed by atoms with van der Waals surface area (Å²) in [5, 5.41) is 13.5. The predicted molar refractivity (Wildman–Crippen MR) is 74.8 cm³/mol. The lowest BCUT2D eigenvalue weighted by Gasteiger charge is -2.15. The van der Waals surface area contributed by atoms with Gasteiger partial charge < -0.3 is 10.4 Å². The second-order valence-electron chi connectivity index (χ2n) is 4.39. The topological polar surface area (TPSA) is 32.3 Å². The molecule has 0 unspecified atom stereocenters. The number of rotatable bonds is 4. The van der Waals surface area contributed by atoms with Crippen molar-refractivity contribution in [1.29, 1.82) is 0 Å². The Bertz CT molecular complexity index is 536. The lowest BCUT2D eigenvalue weighted by atomic mass is 10.1. The first-order valence-electron chi connectivity index (χ1n) is 6.03. The Labute approximate surface area is 116 Å². The molecule has 0 heterocycles. The van der Waals surface area contributed by atoms with E-state index in [1.807, 2.05) is 6.92 Å². The molecule has 0 aliphatic rings. The van der Waals surface area contributed by atoms with Crippen LogP contribution in [0.25, 0.3) is 0 Å². The van der Waals surface area contributed by atoms with E-state index in [4.69, 9.17) is 11.6 Å². The predicted octanol–water partition coefficient (Wildman–Crippen LogP) is 4.04. The Morgan fingerprint density at radius 2 is 1.89 bits per heavy atom. The standard InChI is InChI=1S/C15H15ClFNO/c1-10(11-5-7-12(17)8-6-11)18-9-13-14(16)3-2-4-15(13)19/h2-8,10,18-19H,9H2,1H3/t10-/m0/s1. The number of hydrogen-bond donors (Lipinski definition) is 2. The second kappa shape index (κ2) is 6.04. The molecule has 0 aliphatic heterocycles. The van der Waals surface area contributed by atoms with Crippen molar-refractivity contribution in [3.63, 3.8) is 0 Å². The molecule has 19 heavy (non-hydrogen) atoms. The minimum absolute atomic E-state index is 0.0382. The van der Waals surface area contributed by atoms with E-state index < -0.39 is 0 Å². The van der Waals surface area contributed by atoms with Crippen molar-refractivity contribution in [1.82, 2.24) is 5.32 Å². The Morgan fingerprint density at radius 1 is 1.21 bits per heavy atom. The van der Waals surface area contributed by atoms with Gasteiger partial charge in [0.1, 0.15) is 11.6 Å². The summed E-state index contributed by atoms with van der Waals surface area (Å²) in [6.07, 6.45) is 0. The Hall–Kier alpha value is -1.58. The van der Waals surface area contributed by atoms with Gasteiger partial charge in [0.05, 0.1) is 0 Å². The van der Waals surface area contributed by atoms with Crippen LogP contribution in [-0.2, 0) is 6.54 Å². The molecule has 100 valence electrons. The third-order valence-corrected chi connectivity index (χ3v) is 3.40. The minimum atomic E-state index is -0.250. The quantitative estimate of drug-likeness (QED) is 0.885. The van der Waals surface area contributed by atoms with Crippen LogP contribution in [0.3, 0.4) is 0 Å². The van der Waals surface area contributed by atoms with Gasteiger partial charge >= 0.3 is 0 Å². The molecular weight excluding hydrogens is 265 g/mol. The fraction of sp³-hybridized carbons (Fsp3) is 0.200. The highest BCUT2D eigenvalue weighted by Gasteiger charge is 2.09. The van der Waals surface area contributed by atoms with Crippen molar-refractivity contribution in [2.24, 2.45) is 0 Å². The molecule has 1 atom stereocenters. The van der Waals surface area contributed by atoms with Crippen molar-refractivity contribution in [3.8, 4) is 5.75 Å². The van der Waals surface area contributed by atoms with Crippen molar-refractivity contribution in [2.45, 2.75) is 19.5 Å². The molecule has 0 saturated carbocycles. The van der Waals surface area contributed by atoms with Gasteiger partial charge in [0.2, 0.25) is 0 Å². The van der Waals surface area contributed by atoms with E-state index in [1.54, 1.807) is 30.3 Å². The summed E-state index contributed by atoms with van der Waals surface area (Å²) in [4.78, 5) is 0. The molecule has 0 aromatic heterocycles. The van der Waals surface area contributed by atoms with Gasteiger partial charge in [-0.1, -0.05) is 29.8 Å². The smallest absolute Gasteiger partial charge is 0.123 e. The number of hydrogen-bond acceptors (Lipinski definition) is 2. The second-order valence-corrected chi connectivity index (χ2v) is 4.80. The van der Waals surface area contributed by atoms with Gasteiger partial charge in [0, 0.05) is 23.2 Å². The van der Waals surface area contributed by atoms with Gasteiger partial charge in [0.15, 0.2) is 0 Å². The van der Waals surface area contributed by atoms with E-state index in [2.05, 4.69) is 5.32 Å². The van der Waals surface area contributed by atoms with Crippen LogP contribution in [0.2, 0.25) is 5.02 Å². The molecule has 0 bridgehead atoms. The molecule has 0 spiro atoms. The molecule has 0 fully saturated rings. The third-order valence-electron chi connectivity index (χ3n) is 3.05. The van der Waals surface area contributed by atoms with Gasteiger partial charge in [-0.15, -0.1) is 0 Å². The van der Waals surface area contributed by atoms with Crippen LogP contribution in [0.4, 0.5) is 4.39 Å². The molecular formula is C15H15ClFNO. The highest BCUT2D eigenvalue weighted by molar-refractivity contribution is 6.31. The lowest BCUT2D eigenvalue weighted by molar-refractivity contribution is 0.460. The van der Waals surface area contributed by atoms with Crippen molar-refractivity contribution < 1.29 is 9.50 Å². The molecule has 0 amide bonds. The fourth-order valence-electron chi connectivity index (χ4n) is 1.85. The molecule has 2 N–H and O–H groups in total. The minimum Gasteiger partial charge on any atom is -0.508 e. The summed E-state index contributed by atoms with van der Waals surface area (Å²) in [6, 6.07) is 11.4. The Balaban J connectivity index is 2.04. The molecule has 0 aliphatic carbocycles. The summed E-state index contributed by atoms with van der Waals surface area (Å²) in [5.41, 5.74) is 1.64. The number of aromatic hydroxyl groups is 1. The normalized spacial score (nSPS) is 12.4. The van der Waals surface area contributed by atoms with E-state index in [-0.39, 0.29) is 17.6 Å². The van der Waals surface area contributed by atoms with E-state index >= 15 is 0 Å². The zero-order valence-corrected chi connectivity index (χ0v) is 11.3. The van der Waals surface area contributed by atoms with Crippen LogP contribution in [0.5, 0.6) is 5.75 Å². The van der Waals surface area contributed by atoms with E-state index in [0.29, 0.717) is 17.1 Å². The number of benzene rings is 2. The average molecular weight is 280 g/mol. The maximum absolute atomic E-state index is 12.8. The van der Waals surface area contributed by atoms with Crippen LogP contribution in [0.15, 0.2) is 42.5 Å². The van der Waals surface area contributed by atoms with Crippen LogP contribution >= 0.6 is 11.6 Å². The first kappa shape index (κ1) is 13.8. The van der Waals surface area contributed by atoms with Crippen molar-refractivity contribution >= 4 is 11.6 Å². The molecule has 2 rings (SSSR count). The fourth-order valence-corrected chi connectivity index (χ4v) is 2.08. The molecule has 2 aromatic rings. The number of nitrogens with one attached hydrogen (secondary N) is 1.